The summed E-state index contributed by atoms with van der Waals surface area (Å²) in [6, 6.07) is 1.76. The van der Waals surface area contributed by atoms with Crippen LogP contribution in [0.25, 0.3) is 0 Å². The minimum Gasteiger partial charge on any atom is -0.344 e. The van der Waals surface area contributed by atoms with Crippen molar-refractivity contribution < 1.29 is 4.79 Å². The van der Waals surface area contributed by atoms with E-state index >= 15 is 0 Å². The normalized spacial score (nSPS) is 9.50. The zero-order valence-corrected chi connectivity index (χ0v) is 10.3. The Balaban J connectivity index is 2.56. The molecule has 1 heterocycles. The molecule has 74 valence electrons. The average Bonchev–Trinajstić information content (AvgIpc) is 2.42. The molecular formula is C8H7Br2N3O. The van der Waals surface area contributed by atoms with E-state index < -0.39 is 0 Å². The van der Waals surface area contributed by atoms with Crippen LogP contribution in [-0.4, -0.2) is 22.2 Å². The quantitative estimate of drug-likeness (QED) is 0.850. The first kappa shape index (κ1) is 11.3. The molecule has 14 heavy (non-hydrogen) atoms. The van der Waals surface area contributed by atoms with Crippen molar-refractivity contribution in [1.29, 1.82) is 0 Å². The molecular weight excluding hydrogens is 314 g/mol. The lowest BCUT2D eigenvalue weighted by atomic mass is 10.5. The van der Waals surface area contributed by atoms with Crippen LogP contribution in [0.2, 0.25) is 0 Å². The zero-order valence-electron chi connectivity index (χ0n) is 7.13. The molecule has 0 saturated heterocycles. The Hall–Kier alpha value is -0.800. The van der Waals surface area contributed by atoms with Crippen LogP contribution in [0.15, 0.2) is 15.3 Å². The van der Waals surface area contributed by atoms with Crippen LogP contribution in [0.1, 0.15) is 0 Å². The van der Waals surface area contributed by atoms with Crippen molar-refractivity contribution in [1.82, 2.24) is 15.1 Å². The highest BCUT2D eigenvalue weighted by molar-refractivity contribution is 9.11. The maximum absolute atomic E-state index is 11.2. The van der Waals surface area contributed by atoms with Gasteiger partial charge in [0.15, 0.2) is 0 Å². The van der Waals surface area contributed by atoms with Crippen LogP contribution in [0.5, 0.6) is 0 Å². The van der Waals surface area contributed by atoms with E-state index in [4.69, 9.17) is 6.42 Å². The predicted molar refractivity (Wildman–Crippen MR) is 59.5 cm³/mol. The van der Waals surface area contributed by atoms with Crippen molar-refractivity contribution >= 4 is 37.8 Å². The van der Waals surface area contributed by atoms with Gasteiger partial charge in [-0.2, -0.15) is 5.10 Å². The smallest absolute Gasteiger partial charge is 0.242 e. The van der Waals surface area contributed by atoms with Gasteiger partial charge in [-0.3, -0.25) is 4.79 Å². The second kappa shape index (κ2) is 5.17. The van der Waals surface area contributed by atoms with Gasteiger partial charge in [0.2, 0.25) is 5.91 Å². The molecule has 1 aromatic heterocycles. The van der Waals surface area contributed by atoms with E-state index in [1.54, 1.807) is 6.07 Å². The lowest BCUT2D eigenvalue weighted by Gasteiger charge is -2.02. The van der Waals surface area contributed by atoms with Crippen LogP contribution in [0, 0.1) is 12.3 Å². The van der Waals surface area contributed by atoms with Crippen LogP contribution < -0.4 is 5.32 Å². The van der Waals surface area contributed by atoms with Gasteiger partial charge in [-0.25, -0.2) is 4.68 Å². The number of hydrogen-bond acceptors (Lipinski definition) is 2. The van der Waals surface area contributed by atoms with Crippen LogP contribution in [-0.2, 0) is 11.3 Å². The number of nitrogens with one attached hydrogen (secondary N) is 1. The summed E-state index contributed by atoms with van der Waals surface area (Å²) in [6.07, 6.45) is 5.00. The number of carbonyl (C=O) groups is 1. The van der Waals surface area contributed by atoms with Gasteiger partial charge in [0.25, 0.3) is 0 Å². The van der Waals surface area contributed by atoms with Gasteiger partial charge in [0.05, 0.1) is 6.54 Å². The predicted octanol–water partition coefficient (Wildman–Crippen LogP) is 1.16. The third-order valence-corrected chi connectivity index (χ3v) is 2.41. The number of hydrogen-bond donors (Lipinski definition) is 1. The van der Waals surface area contributed by atoms with E-state index in [0.717, 1.165) is 4.60 Å². The third-order valence-electron chi connectivity index (χ3n) is 1.38. The maximum Gasteiger partial charge on any atom is 0.242 e. The molecule has 1 aromatic rings. The molecule has 1 amide bonds. The van der Waals surface area contributed by atoms with Gasteiger partial charge in [0, 0.05) is 6.07 Å². The van der Waals surface area contributed by atoms with Crippen molar-refractivity contribution in [3.63, 3.8) is 0 Å². The van der Waals surface area contributed by atoms with E-state index in [2.05, 4.69) is 48.2 Å². The SMILES string of the molecule is C#CCNC(=O)Cn1nc(Br)cc1Br. The second-order valence-corrected chi connectivity index (χ2v) is 4.05. The first-order valence-corrected chi connectivity index (χ1v) is 5.31. The van der Waals surface area contributed by atoms with Crippen molar-refractivity contribution in [2.45, 2.75) is 6.54 Å². The average molecular weight is 321 g/mol. The molecule has 0 aromatic carbocycles. The molecule has 6 heteroatoms. The summed E-state index contributed by atoms with van der Waals surface area (Å²) in [5, 5.41) is 6.58. The van der Waals surface area contributed by atoms with Gasteiger partial charge < -0.3 is 5.32 Å². The molecule has 1 rings (SSSR count). The Morgan fingerprint density at radius 1 is 1.71 bits per heavy atom. The Labute approximate surface area is 98.3 Å². The van der Waals surface area contributed by atoms with Crippen molar-refractivity contribution in [2.75, 3.05) is 6.54 Å². The molecule has 0 aliphatic carbocycles. The number of aromatic nitrogens is 2. The number of terminal acetylenes is 1. The van der Waals surface area contributed by atoms with Crippen molar-refractivity contribution in [3.05, 3.63) is 15.3 Å². The summed E-state index contributed by atoms with van der Waals surface area (Å²) in [7, 11) is 0. The largest absolute Gasteiger partial charge is 0.344 e. The first-order chi connectivity index (χ1) is 6.63. The van der Waals surface area contributed by atoms with Crippen LogP contribution >= 0.6 is 31.9 Å². The Bertz CT molecular complexity index is 380. The number of amides is 1. The standard InChI is InChI=1S/C8H7Br2N3O/c1-2-3-11-8(14)5-13-7(10)4-6(9)12-13/h1,4H,3,5H2,(H,11,14). The third kappa shape index (κ3) is 3.16. The van der Waals surface area contributed by atoms with Gasteiger partial charge in [0.1, 0.15) is 15.8 Å². The van der Waals surface area contributed by atoms with E-state index in [-0.39, 0.29) is 19.0 Å². The lowest BCUT2D eigenvalue weighted by Crippen LogP contribution is -2.28. The highest BCUT2D eigenvalue weighted by Crippen LogP contribution is 2.15. The number of carbonyl (C=O) groups excluding carboxylic acids is 1. The summed E-state index contributed by atoms with van der Waals surface area (Å²) in [6.45, 7) is 0.382. The van der Waals surface area contributed by atoms with Crippen molar-refractivity contribution in [2.24, 2.45) is 0 Å². The van der Waals surface area contributed by atoms with Crippen molar-refractivity contribution in [3.8, 4) is 12.3 Å². The monoisotopic (exact) mass is 319 g/mol. The van der Waals surface area contributed by atoms with Gasteiger partial charge in [-0.05, 0) is 31.9 Å². The molecule has 0 saturated carbocycles. The van der Waals surface area contributed by atoms with Gasteiger partial charge >= 0.3 is 0 Å². The first-order valence-electron chi connectivity index (χ1n) is 3.72. The molecule has 1 N–H and O–H groups in total. The molecule has 0 aliphatic rings. The fourth-order valence-electron chi connectivity index (χ4n) is 0.817. The summed E-state index contributed by atoms with van der Waals surface area (Å²) in [5.41, 5.74) is 0. The molecule has 0 fully saturated rings. The number of rotatable bonds is 3. The summed E-state index contributed by atoms with van der Waals surface area (Å²) in [5.74, 6) is 2.15. The number of halogens is 2. The Morgan fingerprint density at radius 2 is 2.43 bits per heavy atom. The minimum absolute atomic E-state index is 0.147. The summed E-state index contributed by atoms with van der Waals surface area (Å²) >= 11 is 6.46. The Morgan fingerprint density at radius 3 is 2.93 bits per heavy atom. The molecule has 0 unspecified atom stereocenters. The molecule has 0 radical (unpaired) electrons. The van der Waals surface area contributed by atoms with E-state index in [1.165, 1.54) is 4.68 Å². The summed E-state index contributed by atoms with van der Waals surface area (Å²) in [4.78, 5) is 11.2. The highest BCUT2D eigenvalue weighted by atomic mass is 79.9. The lowest BCUT2D eigenvalue weighted by molar-refractivity contribution is -0.121. The van der Waals surface area contributed by atoms with Crippen LogP contribution in [0.4, 0.5) is 0 Å². The molecule has 0 aliphatic heterocycles. The molecule has 0 bridgehead atoms. The van der Waals surface area contributed by atoms with E-state index in [9.17, 15) is 4.79 Å². The Kier molecular flexibility index (Phi) is 4.17. The fourth-order valence-corrected chi connectivity index (χ4v) is 1.95. The zero-order chi connectivity index (χ0) is 10.6. The topological polar surface area (TPSA) is 46.9 Å². The van der Waals surface area contributed by atoms with E-state index in [0.29, 0.717) is 4.60 Å². The molecule has 4 nitrogen and oxygen atoms in total. The summed E-state index contributed by atoms with van der Waals surface area (Å²) < 4.78 is 2.94. The minimum atomic E-state index is -0.167. The molecule has 0 spiro atoms. The molecule has 0 atom stereocenters. The van der Waals surface area contributed by atoms with E-state index in [1.807, 2.05) is 0 Å². The second-order valence-electron chi connectivity index (χ2n) is 2.43. The fraction of sp³-hybridized carbons (Fsp3) is 0.250. The van der Waals surface area contributed by atoms with Gasteiger partial charge in [-0.1, -0.05) is 5.92 Å². The maximum atomic E-state index is 11.2. The number of nitrogens with zero attached hydrogens (tertiary/aromatic N) is 2. The highest BCUT2D eigenvalue weighted by Gasteiger charge is 2.07. The van der Waals surface area contributed by atoms with Gasteiger partial charge in [-0.15, -0.1) is 6.42 Å². The van der Waals surface area contributed by atoms with Crippen LogP contribution in [0.3, 0.4) is 0 Å².